The van der Waals surface area contributed by atoms with Crippen molar-refractivity contribution in [3.8, 4) is 44.9 Å². The molecule has 258 valence electrons. The van der Waals surface area contributed by atoms with E-state index in [1.54, 1.807) is 0 Å². The number of aliphatic hydroxyl groups excluding tert-OH is 1. The number of hydrogen-bond acceptors (Lipinski definition) is 1. The lowest BCUT2D eigenvalue weighted by Gasteiger charge is -2.31. The predicted molar refractivity (Wildman–Crippen MR) is 210 cm³/mol. The Kier molecular flexibility index (Phi) is 9.44. The van der Waals surface area contributed by atoms with Gasteiger partial charge in [-0.15, -0.1) is 0 Å². The smallest absolute Gasteiger partial charge is 0.218 e. The van der Waals surface area contributed by atoms with Gasteiger partial charge in [0.15, 0.2) is 17.6 Å². The second kappa shape index (κ2) is 14.1. The number of pyridine rings is 3. The van der Waals surface area contributed by atoms with Crippen LogP contribution in [0.1, 0.15) is 53.6 Å². The quantitative estimate of drug-likeness (QED) is 0.159. The molecule has 3 heterocycles. The molecule has 0 radical (unpaired) electrons. The average Bonchev–Trinajstić information content (AvgIpc) is 3.16. The van der Waals surface area contributed by atoms with E-state index < -0.39 is 11.6 Å². The van der Waals surface area contributed by atoms with Crippen LogP contribution in [0.15, 0.2) is 152 Å². The zero-order chi connectivity index (χ0) is 36.6. The van der Waals surface area contributed by atoms with Gasteiger partial charge in [-0.05, 0) is 55.3 Å². The van der Waals surface area contributed by atoms with E-state index in [0.717, 1.165) is 50.6 Å². The molecular weight excluding hydrogens is 635 g/mol. The van der Waals surface area contributed by atoms with E-state index in [-0.39, 0.29) is 0 Å². The summed E-state index contributed by atoms with van der Waals surface area (Å²) in [4.78, 5) is 0. The Labute approximate surface area is 308 Å². The molecule has 4 nitrogen and oxygen atoms in total. The highest BCUT2D eigenvalue weighted by Crippen LogP contribution is 2.42. The molecule has 0 bridgehead atoms. The molecule has 1 N–H and O–H groups in total. The van der Waals surface area contributed by atoms with Crippen LogP contribution in [0, 0.1) is 20.8 Å². The first-order chi connectivity index (χ1) is 25.1. The fourth-order valence-electron chi connectivity index (χ4n) is 8.03. The largest absolute Gasteiger partial charge is 0.389 e. The van der Waals surface area contributed by atoms with E-state index in [9.17, 15) is 5.11 Å². The van der Waals surface area contributed by atoms with Crippen molar-refractivity contribution in [2.75, 3.05) is 0 Å². The highest BCUT2D eigenvalue weighted by atomic mass is 16.3. The molecule has 4 aromatic carbocycles. The number of aryl methyl sites for hydroxylation is 4. The van der Waals surface area contributed by atoms with Crippen LogP contribution in [0.4, 0.5) is 0 Å². The second-order valence-electron chi connectivity index (χ2n) is 14.2. The van der Waals surface area contributed by atoms with Crippen molar-refractivity contribution in [3.63, 3.8) is 0 Å². The zero-order valence-electron chi connectivity index (χ0n) is 31.3. The van der Waals surface area contributed by atoms with Gasteiger partial charge < -0.3 is 5.11 Å². The van der Waals surface area contributed by atoms with E-state index in [0.29, 0.717) is 0 Å². The first-order valence-corrected chi connectivity index (χ1v) is 18.1. The summed E-state index contributed by atoms with van der Waals surface area (Å²) in [6, 6.07) is 52.1. The Morgan fingerprint density at radius 1 is 0.538 bits per heavy atom. The lowest BCUT2D eigenvalue weighted by molar-refractivity contribution is -0.736. The Morgan fingerprint density at radius 3 is 1.71 bits per heavy atom. The Balaban J connectivity index is 1.60. The first kappa shape index (κ1) is 34.7. The van der Waals surface area contributed by atoms with E-state index >= 15 is 0 Å². The summed E-state index contributed by atoms with van der Waals surface area (Å²) in [5, 5.41) is 11.2. The van der Waals surface area contributed by atoms with Gasteiger partial charge in [-0.25, -0.2) is 4.57 Å². The zero-order valence-corrected chi connectivity index (χ0v) is 31.3. The maximum atomic E-state index is 11.2. The molecule has 7 aromatic rings. The molecule has 2 atom stereocenters. The van der Waals surface area contributed by atoms with Crippen LogP contribution >= 0.6 is 0 Å². The molecule has 52 heavy (non-hydrogen) atoms. The summed E-state index contributed by atoms with van der Waals surface area (Å²) in [7, 11) is 4.26. The van der Waals surface area contributed by atoms with Crippen molar-refractivity contribution in [1.29, 1.82) is 0 Å². The van der Waals surface area contributed by atoms with Gasteiger partial charge in [0.2, 0.25) is 22.6 Å². The predicted octanol–water partition coefficient (Wildman–Crippen LogP) is 9.08. The lowest BCUT2D eigenvalue weighted by atomic mass is 9.77. The van der Waals surface area contributed by atoms with E-state index in [1.807, 2.05) is 25.1 Å². The minimum absolute atomic E-state index is 0.658. The van der Waals surface area contributed by atoms with Gasteiger partial charge >= 0.3 is 0 Å². The maximum absolute atomic E-state index is 11.2. The molecule has 0 spiro atoms. The van der Waals surface area contributed by atoms with Gasteiger partial charge in [0.1, 0.15) is 14.1 Å². The van der Waals surface area contributed by atoms with Crippen LogP contribution in [0.5, 0.6) is 0 Å². The number of rotatable bonds is 8. The molecule has 3 aromatic heterocycles. The summed E-state index contributed by atoms with van der Waals surface area (Å²) < 4.78 is 7.04. The van der Waals surface area contributed by atoms with Gasteiger partial charge in [-0.1, -0.05) is 84.9 Å². The van der Waals surface area contributed by atoms with Crippen LogP contribution in [0.3, 0.4) is 0 Å². The van der Waals surface area contributed by atoms with Gasteiger partial charge in [-0.2, -0.15) is 9.13 Å². The standard InChI is InChI=1S/C48H48N3O/c1-33-19-11-12-24-38(33)46-30-18-21-35(3)51(46)48(5,43-27-15-13-25-39(43)45-29-17-20-34(2)50(45)7)44-28-16-14-26-40(44)47-31-41(36(4)52)42(32-49(47)6)37-22-9-8-10-23-37/h8-32,36,52H,1-7H3/q+3. The summed E-state index contributed by atoms with van der Waals surface area (Å²) in [6.45, 7) is 10.8. The van der Waals surface area contributed by atoms with Crippen LogP contribution in [0.25, 0.3) is 44.9 Å². The Bertz CT molecular complexity index is 2410. The number of hydrogen-bond donors (Lipinski definition) is 1. The number of aromatic nitrogens is 3. The molecule has 0 fully saturated rings. The summed E-state index contributed by atoms with van der Waals surface area (Å²) >= 11 is 0. The van der Waals surface area contributed by atoms with Gasteiger partial charge in [0.25, 0.3) is 0 Å². The molecule has 0 amide bonds. The van der Waals surface area contributed by atoms with Crippen LogP contribution in [-0.2, 0) is 19.6 Å². The van der Waals surface area contributed by atoms with E-state index in [1.165, 1.54) is 27.9 Å². The Hall–Kier alpha value is -5.71. The van der Waals surface area contributed by atoms with Crippen LogP contribution in [-0.4, -0.2) is 5.11 Å². The molecule has 7 rings (SSSR count). The van der Waals surface area contributed by atoms with E-state index in [2.05, 4.69) is 189 Å². The number of aliphatic hydroxyl groups is 1. The van der Waals surface area contributed by atoms with Crippen LogP contribution in [0.2, 0.25) is 0 Å². The molecule has 2 unspecified atom stereocenters. The van der Waals surface area contributed by atoms with Crippen LogP contribution < -0.4 is 13.7 Å². The third-order valence-electron chi connectivity index (χ3n) is 10.8. The Morgan fingerprint density at radius 2 is 1.08 bits per heavy atom. The normalized spacial score (nSPS) is 13.1. The molecule has 0 saturated carbocycles. The molecule has 4 heteroatoms. The summed E-state index contributed by atoms with van der Waals surface area (Å²) in [5.41, 5.74) is 15.0. The van der Waals surface area contributed by atoms with Crippen molar-refractivity contribution in [1.82, 2.24) is 0 Å². The molecule has 0 saturated heterocycles. The fourth-order valence-corrected chi connectivity index (χ4v) is 8.03. The molecular formula is C48H48N3O+3. The molecule has 0 aliphatic carbocycles. The number of nitrogens with zero attached hydrogens (tertiary/aromatic N) is 3. The lowest BCUT2D eigenvalue weighted by Crippen LogP contribution is -2.59. The average molecular weight is 683 g/mol. The maximum Gasteiger partial charge on any atom is 0.218 e. The SMILES string of the molecule is Cc1ccccc1-c1cccc(C)[n+]1C(C)(c1ccccc1-c1cc(C(C)O)c(-c2ccccc2)c[n+]1C)c1ccccc1-c1cccc(C)[n+]1C. The fraction of sp³-hybridized carbons (Fsp3) is 0.188. The summed E-state index contributed by atoms with van der Waals surface area (Å²) in [5.74, 6) is 0. The van der Waals surface area contributed by atoms with Gasteiger partial charge in [0, 0.05) is 73.4 Å². The van der Waals surface area contributed by atoms with Gasteiger partial charge in [0.05, 0.1) is 22.8 Å². The third kappa shape index (κ3) is 6.03. The molecule has 0 aliphatic heterocycles. The van der Waals surface area contributed by atoms with E-state index in [4.69, 9.17) is 0 Å². The number of benzene rings is 4. The van der Waals surface area contributed by atoms with Crippen molar-refractivity contribution in [2.45, 2.75) is 46.3 Å². The monoisotopic (exact) mass is 682 g/mol. The molecule has 0 aliphatic rings. The third-order valence-corrected chi connectivity index (χ3v) is 10.8. The van der Waals surface area contributed by atoms with Gasteiger partial charge in [-0.3, -0.25) is 0 Å². The second-order valence-corrected chi connectivity index (χ2v) is 14.2. The minimum atomic E-state index is -0.705. The van der Waals surface area contributed by atoms with Crippen molar-refractivity contribution in [2.24, 2.45) is 14.1 Å². The van der Waals surface area contributed by atoms with Crippen molar-refractivity contribution < 1.29 is 18.8 Å². The first-order valence-electron chi connectivity index (χ1n) is 18.1. The topological polar surface area (TPSA) is 31.9 Å². The highest BCUT2D eigenvalue weighted by molar-refractivity contribution is 5.73. The summed E-state index contributed by atoms with van der Waals surface area (Å²) in [6.07, 6.45) is 1.51. The van der Waals surface area contributed by atoms with Crippen molar-refractivity contribution >= 4 is 0 Å². The highest BCUT2D eigenvalue weighted by Gasteiger charge is 2.47. The van der Waals surface area contributed by atoms with Crippen molar-refractivity contribution in [3.05, 3.63) is 185 Å². The minimum Gasteiger partial charge on any atom is -0.389 e.